The van der Waals surface area contributed by atoms with Crippen molar-refractivity contribution in [3.8, 4) is 0 Å². The normalized spacial score (nSPS) is 11.7. The number of sulfonamides is 1. The fraction of sp³-hybridized carbons (Fsp3) is 0.538. The van der Waals surface area contributed by atoms with Crippen molar-refractivity contribution in [2.75, 3.05) is 25.5 Å². The summed E-state index contributed by atoms with van der Waals surface area (Å²) in [5.74, 6) is 0. The average Bonchev–Trinajstić information content (AvgIpc) is 2.36. The Morgan fingerprint density at radius 2 is 2.05 bits per heavy atom. The molecular formula is C13H22N2O3S. The Morgan fingerprint density at radius 1 is 1.32 bits per heavy atom. The zero-order valence-corrected chi connectivity index (χ0v) is 12.3. The van der Waals surface area contributed by atoms with Gasteiger partial charge in [0.1, 0.15) is 0 Å². The summed E-state index contributed by atoms with van der Waals surface area (Å²) in [6, 6.07) is 4.67. The molecule has 0 heterocycles. The molecule has 0 radical (unpaired) electrons. The zero-order valence-electron chi connectivity index (χ0n) is 11.5. The summed E-state index contributed by atoms with van der Waals surface area (Å²) in [6.07, 6.45) is 2.06. The molecule has 3 N–H and O–H groups in total. The maximum Gasteiger partial charge on any atom is 0.240 e. The molecule has 0 aliphatic rings. The molecule has 5 nitrogen and oxygen atoms in total. The van der Waals surface area contributed by atoms with Crippen LogP contribution in [0.3, 0.4) is 0 Å². The van der Waals surface area contributed by atoms with E-state index in [1.807, 2.05) is 0 Å². The molecule has 0 aromatic heterocycles. The Bertz CT molecular complexity index is 501. The summed E-state index contributed by atoms with van der Waals surface area (Å²) < 4.78 is 31.8. The van der Waals surface area contributed by atoms with Crippen LogP contribution in [0.1, 0.15) is 25.3 Å². The first-order valence-electron chi connectivity index (χ1n) is 6.41. The van der Waals surface area contributed by atoms with Crippen LogP contribution in [0.25, 0.3) is 0 Å². The van der Waals surface area contributed by atoms with Crippen molar-refractivity contribution < 1.29 is 13.2 Å². The van der Waals surface area contributed by atoms with Crippen LogP contribution in [-0.4, -0.2) is 28.2 Å². The monoisotopic (exact) mass is 286 g/mol. The Labute approximate surface area is 115 Å². The van der Waals surface area contributed by atoms with Crippen LogP contribution in [0, 0.1) is 6.92 Å². The Morgan fingerprint density at radius 3 is 2.68 bits per heavy atom. The quantitative estimate of drug-likeness (QED) is 0.562. The smallest absolute Gasteiger partial charge is 0.240 e. The second-order valence-corrected chi connectivity index (χ2v) is 6.15. The van der Waals surface area contributed by atoms with Gasteiger partial charge in [0.15, 0.2) is 0 Å². The number of anilines is 1. The molecule has 0 atom stereocenters. The van der Waals surface area contributed by atoms with E-state index in [1.54, 1.807) is 19.1 Å². The van der Waals surface area contributed by atoms with Crippen molar-refractivity contribution in [1.29, 1.82) is 0 Å². The van der Waals surface area contributed by atoms with E-state index in [0.29, 0.717) is 18.9 Å². The summed E-state index contributed by atoms with van der Waals surface area (Å²) in [4.78, 5) is 0.229. The third-order valence-corrected chi connectivity index (χ3v) is 4.19. The Hall–Kier alpha value is -1.11. The number of nitrogens with two attached hydrogens (primary N) is 1. The van der Waals surface area contributed by atoms with Gasteiger partial charge in [0.05, 0.1) is 11.5 Å². The fourth-order valence-corrected chi connectivity index (χ4v) is 2.59. The summed E-state index contributed by atoms with van der Waals surface area (Å²) in [5.41, 5.74) is 7.00. The second kappa shape index (κ2) is 7.47. The van der Waals surface area contributed by atoms with Crippen molar-refractivity contribution in [2.45, 2.75) is 31.6 Å². The molecule has 6 heteroatoms. The highest BCUT2D eigenvalue weighted by molar-refractivity contribution is 7.89. The van der Waals surface area contributed by atoms with Gasteiger partial charge in [-0.2, -0.15) is 0 Å². The summed E-state index contributed by atoms with van der Waals surface area (Å²) in [5, 5.41) is 0. The van der Waals surface area contributed by atoms with Gasteiger partial charge >= 0.3 is 0 Å². The van der Waals surface area contributed by atoms with Gasteiger partial charge in [-0.25, -0.2) is 13.1 Å². The molecule has 0 aliphatic carbocycles. The van der Waals surface area contributed by atoms with Crippen LogP contribution in [0.4, 0.5) is 5.69 Å². The van der Waals surface area contributed by atoms with Crippen LogP contribution in [0.5, 0.6) is 0 Å². The topological polar surface area (TPSA) is 81.4 Å². The number of ether oxygens (including phenoxy) is 1. The lowest BCUT2D eigenvalue weighted by Gasteiger charge is -2.09. The van der Waals surface area contributed by atoms with Gasteiger partial charge in [-0.1, -0.05) is 13.3 Å². The number of hydrogen-bond donors (Lipinski definition) is 2. The van der Waals surface area contributed by atoms with E-state index in [2.05, 4.69) is 11.6 Å². The second-order valence-electron chi connectivity index (χ2n) is 4.38. The number of nitrogen functional groups attached to an aromatic ring is 1. The molecule has 108 valence electrons. The van der Waals surface area contributed by atoms with E-state index in [-0.39, 0.29) is 11.4 Å². The minimum Gasteiger partial charge on any atom is -0.399 e. The van der Waals surface area contributed by atoms with E-state index in [0.717, 1.165) is 18.4 Å². The number of unbranched alkanes of at least 4 members (excludes halogenated alkanes) is 1. The molecular weight excluding hydrogens is 264 g/mol. The molecule has 0 saturated heterocycles. The minimum absolute atomic E-state index is 0.229. The lowest BCUT2D eigenvalue weighted by molar-refractivity contribution is 0.136. The molecule has 0 spiro atoms. The number of hydrogen-bond acceptors (Lipinski definition) is 4. The first-order valence-corrected chi connectivity index (χ1v) is 7.89. The van der Waals surface area contributed by atoms with E-state index < -0.39 is 10.0 Å². The van der Waals surface area contributed by atoms with E-state index in [1.165, 1.54) is 6.07 Å². The maximum atomic E-state index is 12.0. The van der Waals surface area contributed by atoms with Crippen LogP contribution < -0.4 is 10.5 Å². The first-order chi connectivity index (χ1) is 8.97. The van der Waals surface area contributed by atoms with E-state index in [9.17, 15) is 8.42 Å². The van der Waals surface area contributed by atoms with Crippen molar-refractivity contribution in [2.24, 2.45) is 0 Å². The molecule has 1 aromatic rings. The van der Waals surface area contributed by atoms with Gasteiger partial charge in [-0.15, -0.1) is 0 Å². The van der Waals surface area contributed by atoms with Crippen molar-refractivity contribution >= 4 is 15.7 Å². The standard InChI is InChI=1S/C13H22N2O3S/c1-3-4-8-18-9-7-15-19(16,17)12-5-6-13(14)11(2)10-12/h5-6,10,15H,3-4,7-9,14H2,1-2H3. The van der Waals surface area contributed by atoms with Gasteiger partial charge in [0.25, 0.3) is 0 Å². The highest BCUT2D eigenvalue weighted by Crippen LogP contribution is 2.16. The summed E-state index contributed by atoms with van der Waals surface area (Å²) in [6.45, 7) is 5.18. The van der Waals surface area contributed by atoms with E-state index in [4.69, 9.17) is 10.5 Å². The molecule has 0 fully saturated rings. The summed E-state index contributed by atoms with van der Waals surface area (Å²) in [7, 11) is -3.48. The predicted octanol–water partition coefficient (Wildman–Crippen LogP) is 1.67. The highest BCUT2D eigenvalue weighted by atomic mass is 32.2. The fourth-order valence-electron chi connectivity index (χ4n) is 1.50. The first kappa shape index (κ1) is 15.9. The molecule has 0 unspecified atom stereocenters. The lowest BCUT2D eigenvalue weighted by atomic mass is 10.2. The molecule has 19 heavy (non-hydrogen) atoms. The minimum atomic E-state index is -3.48. The van der Waals surface area contributed by atoms with Crippen molar-refractivity contribution in [1.82, 2.24) is 4.72 Å². The maximum absolute atomic E-state index is 12.0. The molecule has 0 aliphatic heterocycles. The third-order valence-electron chi connectivity index (χ3n) is 2.73. The molecule has 0 bridgehead atoms. The van der Waals surface area contributed by atoms with Crippen LogP contribution >= 0.6 is 0 Å². The molecule has 1 aromatic carbocycles. The Balaban J connectivity index is 2.49. The van der Waals surface area contributed by atoms with Crippen LogP contribution in [-0.2, 0) is 14.8 Å². The van der Waals surface area contributed by atoms with Crippen molar-refractivity contribution in [3.63, 3.8) is 0 Å². The summed E-state index contributed by atoms with van der Waals surface area (Å²) >= 11 is 0. The van der Waals surface area contributed by atoms with Gasteiger partial charge in [-0.3, -0.25) is 0 Å². The molecule has 0 amide bonds. The Kier molecular flexibility index (Phi) is 6.27. The number of rotatable bonds is 8. The zero-order chi connectivity index (χ0) is 14.3. The van der Waals surface area contributed by atoms with Gasteiger partial charge in [0, 0.05) is 18.8 Å². The van der Waals surface area contributed by atoms with E-state index >= 15 is 0 Å². The molecule has 1 rings (SSSR count). The molecule has 0 saturated carbocycles. The van der Waals surface area contributed by atoms with Crippen LogP contribution in [0.2, 0.25) is 0 Å². The SMILES string of the molecule is CCCCOCCNS(=O)(=O)c1ccc(N)c(C)c1. The largest absolute Gasteiger partial charge is 0.399 e. The highest BCUT2D eigenvalue weighted by Gasteiger charge is 2.13. The van der Waals surface area contributed by atoms with Crippen molar-refractivity contribution in [3.05, 3.63) is 23.8 Å². The van der Waals surface area contributed by atoms with Gasteiger partial charge < -0.3 is 10.5 Å². The lowest BCUT2D eigenvalue weighted by Crippen LogP contribution is -2.27. The third kappa shape index (κ3) is 5.18. The van der Waals surface area contributed by atoms with Crippen LogP contribution in [0.15, 0.2) is 23.1 Å². The van der Waals surface area contributed by atoms with Gasteiger partial charge in [-0.05, 0) is 37.1 Å². The van der Waals surface area contributed by atoms with Gasteiger partial charge in [0.2, 0.25) is 10.0 Å². The number of nitrogens with one attached hydrogen (secondary N) is 1. The average molecular weight is 286 g/mol. The predicted molar refractivity (Wildman–Crippen MR) is 76.5 cm³/mol. The number of benzene rings is 1. The number of aryl methyl sites for hydroxylation is 1.